The van der Waals surface area contributed by atoms with Gasteiger partial charge in [0.1, 0.15) is 0 Å². The minimum absolute atomic E-state index is 0.940. The predicted octanol–water partition coefficient (Wildman–Crippen LogP) is 1.84. The molecule has 50 valence electrons. The standard InChI is InChI=1S/C8H8N2/c1-6-3-2-4-7-8(6)10-5-9-7/h2,4-5H,1,3H2,(H,9,10). The molecule has 1 aromatic heterocycles. The number of nitrogens with zero attached hydrogens (tertiary/aromatic N) is 1. The number of nitrogens with one attached hydrogen (secondary N) is 1. The Morgan fingerprint density at radius 3 is 3.30 bits per heavy atom. The van der Waals surface area contributed by atoms with Crippen molar-refractivity contribution < 1.29 is 0 Å². The Morgan fingerprint density at radius 1 is 1.60 bits per heavy atom. The summed E-state index contributed by atoms with van der Waals surface area (Å²) < 4.78 is 0. The van der Waals surface area contributed by atoms with Crippen LogP contribution < -0.4 is 0 Å². The third kappa shape index (κ3) is 0.620. The normalized spacial score (nSPS) is 15.4. The molecule has 1 aromatic rings. The smallest absolute Gasteiger partial charge is 0.0931 e. The Morgan fingerprint density at radius 2 is 2.50 bits per heavy atom. The first-order valence-corrected chi connectivity index (χ1v) is 3.26. The van der Waals surface area contributed by atoms with Crippen LogP contribution in [0.1, 0.15) is 17.8 Å². The fourth-order valence-electron chi connectivity index (χ4n) is 1.13. The minimum Gasteiger partial charge on any atom is -0.344 e. The maximum atomic E-state index is 4.10. The molecule has 0 radical (unpaired) electrons. The molecule has 0 saturated carbocycles. The van der Waals surface area contributed by atoms with Crippen LogP contribution in [0.15, 0.2) is 19.0 Å². The zero-order valence-electron chi connectivity index (χ0n) is 5.59. The van der Waals surface area contributed by atoms with Gasteiger partial charge in [-0.15, -0.1) is 0 Å². The summed E-state index contributed by atoms with van der Waals surface area (Å²) in [5.41, 5.74) is 3.22. The molecule has 1 N–H and O–H groups in total. The molecule has 0 bridgehead atoms. The van der Waals surface area contributed by atoms with E-state index in [2.05, 4.69) is 22.6 Å². The van der Waals surface area contributed by atoms with Gasteiger partial charge < -0.3 is 4.98 Å². The van der Waals surface area contributed by atoms with E-state index in [4.69, 9.17) is 0 Å². The van der Waals surface area contributed by atoms with E-state index in [1.165, 1.54) is 0 Å². The maximum absolute atomic E-state index is 4.10. The molecule has 0 amide bonds. The summed E-state index contributed by atoms with van der Waals surface area (Å²) >= 11 is 0. The summed E-state index contributed by atoms with van der Waals surface area (Å²) in [6.45, 7) is 3.91. The highest BCUT2D eigenvalue weighted by atomic mass is 14.9. The summed E-state index contributed by atoms with van der Waals surface area (Å²) in [5.74, 6) is 0. The quantitative estimate of drug-likeness (QED) is 0.573. The lowest BCUT2D eigenvalue weighted by Gasteiger charge is -2.04. The lowest BCUT2D eigenvalue weighted by atomic mass is 10.0. The second-order valence-electron chi connectivity index (χ2n) is 2.37. The van der Waals surface area contributed by atoms with Gasteiger partial charge in [-0.2, -0.15) is 0 Å². The van der Waals surface area contributed by atoms with Gasteiger partial charge in [-0.1, -0.05) is 12.7 Å². The Labute approximate surface area is 59.3 Å². The van der Waals surface area contributed by atoms with Crippen molar-refractivity contribution in [1.82, 2.24) is 9.97 Å². The first-order chi connectivity index (χ1) is 4.88. The molecular weight excluding hydrogens is 124 g/mol. The van der Waals surface area contributed by atoms with E-state index in [1.54, 1.807) is 6.33 Å². The van der Waals surface area contributed by atoms with Gasteiger partial charge in [-0.05, 0) is 18.1 Å². The summed E-state index contributed by atoms with van der Waals surface area (Å²) in [7, 11) is 0. The molecular formula is C8H8N2. The monoisotopic (exact) mass is 132 g/mol. The van der Waals surface area contributed by atoms with Gasteiger partial charge in [-0.3, -0.25) is 0 Å². The molecule has 0 unspecified atom stereocenters. The highest BCUT2D eigenvalue weighted by Crippen LogP contribution is 2.23. The first kappa shape index (κ1) is 5.47. The van der Waals surface area contributed by atoms with E-state index in [1.807, 2.05) is 6.08 Å². The van der Waals surface area contributed by atoms with Crippen LogP contribution in [-0.2, 0) is 0 Å². The third-order valence-electron chi connectivity index (χ3n) is 1.66. The van der Waals surface area contributed by atoms with E-state index in [-0.39, 0.29) is 0 Å². The van der Waals surface area contributed by atoms with Crippen molar-refractivity contribution in [2.24, 2.45) is 0 Å². The van der Waals surface area contributed by atoms with Crippen molar-refractivity contribution in [3.63, 3.8) is 0 Å². The number of allylic oxidation sites excluding steroid dienone is 2. The van der Waals surface area contributed by atoms with Crippen LogP contribution in [0.4, 0.5) is 0 Å². The van der Waals surface area contributed by atoms with Crippen LogP contribution in [0.3, 0.4) is 0 Å². The minimum atomic E-state index is 0.940. The summed E-state index contributed by atoms with van der Waals surface area (Å²) in [6.07, 6.45) is 6.73. The number of H-pyrrole nitrogens is 1. The fourth-order valence-corrected chi connectivity index (χ4v) is 1.13. The molecule has 1 aliphatic carbocycles. The number of fused-ring (bicyclic) bond motifs is 1. The van der Waals surface area contributed by atoms with Crippen LogP contribution in [0.25, 0.3) is 11.6 Å². The molecule has 2 nitrogen and oxygen atoms in total. The highest BCUT2D eigenvalue weighted by Gasteiger charge is 2.08. The van der Waals surface area contributed by atoms with E-state index in [9.17, 15) is 0 Å². The SMILES string of the molecule is C=C1CC=Cc2nc[nH]c21. The zero-order valence-corrected chi connectivity index (χ0v) is 5.59. The van der Waals surface area contributed by atoms with Crippen molar-refractivity contribution in [1.29, 1.82) is 0 Å². The van der Waals surface area contributed by atoms with Crippen molar-refractivity contribution in [2.45, 2.75) is 6.42 Å². The summed E-state index contributed by atoms with van der Waals surface area (Å²) in [4.78, 5) is 7.15. The molecule has 1 aliphatic rings. The largest absolute Gasteiger partial charge is 0.344 e. The van der Waals surface area contributed by atoms with Gasteiger partial charge in [0.15, 0.2) is 0 Å². The predicted molar refractivity (Wildman–Crippen MR) is 41.3 cm³/mol. The first-order valence-electron chi connectivity index (χ1n) is 3.26. The molecule has 0 aromatic carbocycles. The number of aromatic nitrogens is 2. The number of imidazole rings is 1. The second kappa shape index (κ2) is 1.84. The van der Waals surface area contributed by atoms with E-state index < -0.39 is 0 Å². The second-order valence-corrected chi connectivity index (χ2v) is 2.37. The number of hydrogen-bond acceptors (Lipinski definition) is 1. The fraction of sp³-hybridized carbons (Fsp3) is 0.125. The molecule has 0 spiro atoms. The summed E-state index contributed by atoms with van der Waals surface area (Å²) in [5, 5.41) is 0. The molecule has 2 rings (SSSR count). The molecule has 10 heavy (non-hydrogen) atoms. The molecule has 2 heteroatoms. The average molecular weight is 132 g/mol. The van der Waals surface area contributed by atoms with Gasteiger partial charge >= 0.3 is 0 Å². The summed E-state index contributed by atoms with van der Waals surface area (Å²) in [6, 6.07) is 0. The lowest BCUT2D eigenvalue weighted by molar-refractivity contribution is 1.27. The lowest BCUT2D eigenvalue weighted by Crippen LogP contribution is -1.89. The Hall–Kier alpha value is -1.31. The topological polar surface area (TPSA) is 28.7 Å². The molecule has 0 fully saturated rings. The van der Waals surface area contributed by atoms with Gasteiger partial charge in [0.25, 0.3) is 0 Å². The Kier molecular flexibility index (Phi) is 1.01. The van der Waals surface area contributed by atoms with E-state index in [0.717, 1.165) is 23.4 Å². The Balaban J connectivity index is 2.62. The maximum Gasteiger partial charge on any atom is 0.0931 e. The highest BCUT2D eigenvalue weighted by molar-refractivity contribution is 5.73. The van der Waals surface area contributed by atoms with Crippen molar-refractivity contribution in [2.75, 3.05) is 0 Å². The van der Waals surface area contributed by atoms with Crippen LogP contribution in [0, 0.1) is 0 Å². The molecule has 0 saturated heterocycles. The van der Waals surface area contributed by atoms with Crippen LogP contribution >= 0.6 is 0 Å². The van der Waals surface area contributed by atoms with Crippen molar-refractivity contribution in [3.05, 3.63) is 30.4 Å². The van der Waals surface area contributed by atoms with Crippen LogP contribution in [-0.4, -0.2) is 9.97 Å². The van der Waals surface area contributed by atoms with Crippen LogP contribution in [0.5, 0.6) is 0 Å². The van der Waals surface area contributed by atoms with E-state index >= 15 is 0 Å². The third-order valence-corrected chi connectivity index (χ3v) is 1.66. The van der Waals surface area contributed by atoms with Gasteiger partial charge in [0, 0.05) is 0 Å². The molecule has 0 atom stereocenters. The zero-order chi connectivity index (χ0) is 6.97. The van der Waals surface area contributed by atoms with Gasteiger partial charge in [0.05, 0.1) is 17.7 Å². The van der Waals surface area contributed by atoms with Gasteiger partial charge in [-0.25, -0.2) is 4.98 Å². The number of hydrogen-bond donors (Lipinski definition) is 1. The van der Waals surface area contributed by atoms with Gasteiger partial charge in [0.2, 0.25) is 0 Å². The van der Waals surface area contributed by atoms with E-state index in [0.29, 0.717) is 0 Å². The number of rotatable bonds is 0. The molecule has 0 aliphatic heterocycles. The van der Waals surface area contributed by atoms with Crippen molar-refractivity contribution in [3.8, 4) is 0 Å². The average Bonchev–Trinajstić information content (AvgIpc) is 2.36. The molecule has 1 heterocycles. The van der Waals surface area contributed by atoms with Crippen LogP contribution in [0.2, 0.25) is 0 Å². The number of aromatic amines is 1. The Bertz CT molecular complexity index is 294. The van der Waals surface area contributed by atoms with Crippen molar-refractivity contribution >= 4 is 11.6 Å².